The lowest BCUT2D eigenvalue weighted by Gasteiger charge is -2.04. The fourth-order valence-electron chi connectivity index (χ4n) is 1.47. The van der Waals surface area contributed by atoms with Crippen LogP contribution in [-0.2, 0) is 5.88 Å². The van der Waals surface area contributed by atoms with Crippen LogP contribution in [0, 0.1) is 11.3 Å². The molecule has 0 saturated heterocycles. The quantitative estimate of drug-likeness (QED) is 0.873. The van der Waals surface area contributed by atoms with E-state index in [4.69, 9.17) is 16.9 Å². The van der Waals surface area contributed by atoms with Crippen molar-refractivity contribution in [3.8, 4) is 6.07 Å². The fraction of sp³-hybridized carbons (Fsp3) is 0.0714. The zero-order valence-corrected chi connectivity index (χ0v) is 10.7. The molecule has 1 aromatic carbocycles. The minimum atomic E-state index is -0.252. The summed E-state index contributed by atoms with van der Waals surface area (Å²) in [6.45, 7) is 0. The van der Waals surface area contributed by atoms with Gasteiger partial charge in [-0.1, -0.05) is 12.1 Å². The molecule has 5 heteroatoms. The first-order chi connectivity index (χ1) is 9.22. The predicted molar refractivity (Wildman–Crippen MR) is 72.9 cm³/mol. The van der Waals surface area contributed by atoms with Gasteiger partial charge in [-0.3, -0.25) is 4.79 Å². The summed E-state index contributed by atoms with van der Waals surface area (Å²) in [7, 11) is 0. The SMILES string of the molecule is N#Cc1ccc(NC(=O)c2ccc(CCl)cc2)nc1. The van der Waals surface area contributed by atoms with E-state index in [1.54, 1.807) is 36.4 Å². The van der Waals surface area contributed by atoms with E-state index in [1.165, 1.54) is 6.20 Å². The van der Waals surface area contributed by atoms with E-state index in [0.29, 0.717) is 22.8 Å². The summed E-state index contributed by atoms with van der Waals surface area (Å²) >= 11 is 5.68. The molecule has 0 spiro atoms. The van der Waals surface area contributed by atoms with E-state index in [9.17, 15) is 4.79 Å². The Kier molecular flexibility index (Phi) is 4.11. The van der Waals surface area contributed by atoms with Gasteiger partial charge in [-0.05, 0) is 29.8 Å². The van der Waals surface area contributed by atoms with Crippen LogP contribution >= 0.6 is 11.6 Å². The largest absolute Gasteiger partial charge is 0.307 e. The van der Waals surface area contributed by atoms with Gasteiger partial charge in [0.15, 0.2) is 0 Å². The molecule has 4 nitrogen and oxygen atoms in total. The Hall–Kier alpha value is -2.38. The van der Waals surface area contributed by atoms with E-state index in [2.05, 4.69) is 10.3 Å². The second kappa shape index (κ2) is 5.98. The van der Waals surface area contributed by atoms with Crippen LogP contribution in [0.15, 0.2) is 42.6 Å². The summed E-state index contributed by atoms with van der Waals surface area (Å²) in [5, 5.41) is 11.3. The van der Waals surface area contributed by atoms with Gasteiger partial charge in [0, 0.05) is 17.6 Å². The Morgan fingerprint density at radius 2 is 2.00 bits per heavy atom. The highest BCUT2D eigenvalue weighted by Crippen LogP contribution is 2.10. The number of amides is 1. The number of benzene rings is 1. The molecule has 1 N–H and O–H groups in total. The summed E-state index contributed by atoms with van der Waals surface area (Å²) < 4.78 is 0. The molecule has 0 saturated carbocycles. The first-order valence-electron chi connectivity index (χ1n) is 5.55. The predicted octanol–water partition coefficient (Wildman–Crippen LogP) is 2.94. The van der Waals surface area contributed by atoms with Crippen LogP contribution in [0.3, 0.4) is 0 Å². The molecule has 0 aliphatic heterocycles. The van der Waals surface area contributed by atoms with Crippen LogP contribution in [0.4, 0.5) is 5.82 Å². The molecule has 2 rings (SSSR count). The number of carbonyl (C=O) groups is 1. The molecule has 0 atom stereocenters. The van der Waals surface area contributed by atoms with Gasteiger partial charge in [0.25, 0.3) is 5.91 Å². The maximum atomic E-state index is 11.9. The van der Waals surface area contributed by atoms with Crippen molar-refractivity contribution in [2.45, 2.75) is 5.88 Å². The number of nitrogens with one attached hydrogen (secondary N) is 1. The van der Waals surface area contributed by atoms with E-state index in [-0.39, 0.29) is 5.91 Å². The molecule has 1 heterocycles. The summed E-state index contributed by atoms with van der Waals surface area (Å²) in [4.78, 5) is 15.9. The number of pyridine rings is 1. The van der Waals surface area contributed by atoms with E-state index in [0.717, 1.165) is 5.56 Å². The highest BCUT2D eigenvalue weighted by molar-refractivity contribution is 6.17. The molecular weight excluding hydrogens is 262 g/mol. The van der Waals surface area contributed by atoms with Crippen molar-refractivity contribution < 1.29 is 4.79 Å². The van der Waals surface area contributed by atoms with Crippen LogP contribution in [0.5, 0.6) is 0 Å². The average Bonchev–Trinajstić information content (AvgIpc) is 2.48. The van der Waals surface area contributed by atoms with Gasteiger partial charge in [0.2, 0.25) is 0 Å². The molecular formula is C14H10ClN3O. The Bertz CT molecular complexity index is 615. The summed E-state index contributed by atoms with van der Waals surface area (Å²) in [6.07, 6.45) is 1.41. The third-order valence-corrected chi connectivity index (χ3v) is 2.81. The zero-order valence-electron chi connectivity index (χ0n) is 9.93. The van der Waals surface area contributed by atoms with Gasteiger partial charge in [-0.2, -0.15) is 5.26 Å². The zero-order chi connectivity index (χ0) is 13.7. The van der Waals surface area contributed by atoms with Gasteiger partial charge < -0.3 is 5.32 Å². The lowest BCUT2D eigenvalue weighted by Crippen LogP contribution is -2.12. The Morgan fingerprint density at radius 1 is 1.26 bits per heavy atom. The Balaban J connectivity index is 2.09. The van der Waals surface area contributed by atoms with Crippen molar-refractivity contribution >= 4 is 23.3 Å². The maximum Gasteiger partial charge on any atom is 0.256 e. The highest BCUT2D eigenvalue weighted by atomic mass is 35.5. The lowest BCUT2D eigenvalue weighted by atomic mass is 10.1. The minimum absolute atomic E-state index is 0.252. The monoisotopic (exact) mass is 271 g/mol. The van der Waals surface area contributed by atoms with Crippen molar-refractivity contribution in [2.24, 2.45) is 0 Å². The van der Waals surface area contributed by atoms with E-state index < -0.39 is 0 Å². The Morgan fingerprint density at radius 3 is 2.53 bits per heavy atom. The van der Waals surface area contributed by atoms with Crippen LogP contribution < -0.4 is 5.32 Å². The number of rotatable bonds is 3. The third-order valence-electron chi connectivity index (χ3n) is 2.50. The molecule has 1 aromatic heterocycles. The number of alkyl halides is 1. The molecule has 2 aromatic rings. The van der Waals surface area contributed by atoms with Gasteiger partial charge >= 0.3 is 0 Å². The summed E-state index contributed by atoms with van der Waals surface area (Å²) in [6, 6.07) is 12.2. The topological polar surface area (TPSA) is 65.8 Å². The molecule has 0 unspecified atom stereocenters. The molecule has 19 heavy (non-hydrogen) atoms. The number of hydrogen-bond acceptors (Lipinski definition) is 3. The maximum absolute atomic E-state index is 11.9. The van der Waals surface area contributed by atoms with Gasteiger partial charge in [-0.15, -0.1) is 11.6 Å². The molecule has 94 valence electrons. The number of aromatic nitrogens is 1. The molecule has 0 bridgehead atoms. The smallest absolute Gasteiger partial charge is 0.256 e. The number of anilines is 1. The van der Waals surface area contributed by atoms with Crippen LogP contribution in [-0.4, -0.2) is 10.9 Å². The van der Waals surface area contributed by atoms with Crippen LogP contribution in [0.2, 0.25) is 0 Å². The van der Waals surface area contributed by atoms with Crippen LogP contribution in [0.1, 0.15) is 21.5 Å². The third kappa shape index (κ3) is 3.30. The van der Waals surface area contributed by atoms with Crippen LogP contribution in [0.25, 0.3) is 0 Å². The minimum Gasteiger partial charge on any atom is -0.307 e. The standard InChI is InChI=1S/C14H10ClN3O/c15-7-10-1-4-12(5-2-10)14(19)18-13-6-3-11(8-16)9-17-13/h1-6,9H,7H2,(H,17,18,19). The fourth-order valence-corrected chi connectivity index (χ4v) is 1.65. The lowest BCUT2D eigenvalue weighted by molar-refractivity contribution is 0.102. The average molecular weight is 272 g/mol. The normalized spacial score (nSPS) is 9.68. The first-order valence-corrected chi connectivity index (χ1v) is 6.09. The molecule has 0 aliphatic carbocycles. The first kappa shape index (κ1) is 13.1. The van der Waals surface area contributed by atoms with E-state index >= 15 is 0 Å². The van der Waals surface area contributed by atoms with Crippen molar-refractivity contribution in [3.63, 3.8) is 0 Å². The molecule has 0 fully saturated rings. The number of halogens is 1. The summed E-state index contributed by atoms with van der Waals surface area (Å²) in [5.74, 6) is 0.572. The van der Waals surface area contributed by atoms with E-state index in [1.807, 2.05) is 6.07 Å². The Labute approximate surface area is 115 Å². The number of carbonyl (C=O) groups excluding carboxylic acids is 1. The van der Waals surface area contributed by atoms with Gasteiger partial charge in [0.1, 0.15) is 11.9 Å². The highest BCUT2D eigenvalue weighted by Gasteiger charge is 2.06. The summed E-state index contributed by atoms with van der Waals surface area (Å²) in [5.41, 5.74) is 1.93. The van der Waals surface area contributed by atoms with Crippen molar-refractivity contribution in [1.82, 2.24) is 4.98 Å². The molecule has 1 amide bonds. The second-order valence-corrected chi connectivity index (χ2v) is 4.10. The molecule has 0 aliphatic rings. The van der Waals surface area contributed by atoms with Crippen molar-refractivity contribution in [2.75, 3.05) is 5.32 Å². The van der Waals surface area contributed by atoms with Crippen molar-refractivity contribution in [1.29, 1.82) is 5.26 Å². The number of nitriles is 1. The van der Waals surface area contributed by atoms with Gasteiger partial charge in [-0.25, -0.2) is 4.98 Å². The van der Waals surface area contributed by atoms with Gasteiger partial charge in [0.05, 0.1) is 5.56 Å². The van der Waals surface area contributed by atoms with Crippen molar-refractivity contribution in [3.05, 3.63) is 59.3 Å². The molecule has 0 radical (unpaired) electrons. The second-order valence-electron chi connectivity index (χ2n) is 3.83. The number of hydrogen-bond donors (Lipinski definition) is 1. The number of nitrogens with zero attached hydrogens (tertiary/aromatic N) is 2.